The molecule has 0 aromatic heterocycles. The van der Waals surface area contributed by atoms with Crippen molar-refractivity contribution >= 4 is 0 Å². The van der Waals surface area contributed by atoms with Gasteiger partial charge in [0.25, 0.3) is 0 Å². The molecule has 0 radical (unpaired) electrons. The topological polar surface area (TPSA) is 12.0 Å². The summed E-state index contributed by atoms with van der Waals surface area (Å²) in [6, 6.07) is 0.810. The van der Waals surface area contributed by atoms with Crippen molar-refractivity contribution < 1.29 is 0 Å². The van der Waals surface area contributed by atoms with Gasteiger partial charge in [-0.25, -0.2) is 0 Å². The Balaban J connectivity index is 2.32. The first-order valence-corrected chi connectivity index (χ1v) is 5.01. The lowest BCUT2D eigenvalue weighted by Gasteiger charge is -2.15. The van der Waals surface area contributed by atoms with Crippen LogP contribution in [0.25, 0.3) is 0 Å². The van der Waals surface area contributed by atoms with Gasteiger partial charge in [0.15, 0.2) is 0 Å². The summed E-state index contributed by atoms with van der Waals surface area (Å²) in [6.45, 7) is 8.02. The third-order valence-electron chi connectivity index (χ3n) is 3.02. The van der Waals surface area contributed by atoms with Gasteiger partial charge in [0.2, 0.25) is 0 Å². The lowest BCUT2D eigenvalue weighted by molar-refractivity contribution is 0.437. The van der Waals surface area contributed by atoms with Crippen LogP contribution in [-0.2, 0) is 0 Å². The van der Waals surface area contributed by atoms with Crippen molar-refractivity contribution in [3.63, 3.8) is 0 Å². The fraction of sp³-hybridized carbons (Fsp3) is 1.00. The van der Waals surface area contributed by atoms with Gasteiger partial charge in [-0.05, 0) is 31.2 Å². The molecule has 1 aliphatic carbocycles. The second-order valence-electron chi connectivity index (χ2n) is 3.89. The van der Waals surface area contributed by atoms with Gasteiger partial charge in [-0.2, -0.15) is 0 Å². The SMILES string of the molecule is CCNC1CC(CC)CC1C. The van der Waals surface area contributed by atoms with E-state index in [1.54, 1.807) is 0 Å². The Hall–Kier alpha value is -0.0400. The van der Waals surface area contributed by atoms with Gasteiger partial charge in [-0.1, -0.05) is 27.2 Å². The maximum absolute atomic E-state index is 3.56. The molecule has 0 aromatic carbocycles. The molecule has 1 aliphatic rings. The minimum absolute atomic E-state index is 0.810. The molecule has 3 atom stereocenters. The minimum atomic E-state index is 0.810. The van der Waals surface area contributed by atoms with E-state index < -0.39 is 0 Å². The first-order chi connectivity index (χ1) is 5.27. The third-order valence-corrected chi connectivity index (χ3v) is 3.02. The molecule has 0 amide bonds. The molecule has 1 rings (SSSR count). The minimum Gasteiger partial charge on any atom is -0.314 e. The highest BCUT2D eigenvalue weighted by Crippen LogP contribution is 2.32. The van der Waals surface area contributed by atoms with Crippen molar-refractivity contribution in [3.05, 3.63) is 0 Å². The van der Waals surface area contributed by atoms with Gasteiger partial charge in [0, 0.05) is 6.04 Å². The fourth-order valence-corrected chi connectivity index (χ4v) is 2.26. The normalized spacial score (nSPS) is 37.9. The summed E-state index contributed by atoms with van der Waals surface area (Å²) in [7, 11) is 0. The summed E-state index contributed by atoms with van der Waals surface area (Å²) in [5.41, 5.74) is 0. The van der Waals surface area contributed by atoms with Crippen LogP contribution in [0.3, 0.4) is 0 Å². The lowest BCUT2D eigenvalue weighted by Crippen LogP contribution is -2.30. The Morgan fingerprint density at radius 3 is 2.45 bits per heavy atom. The largest absolute Gasteiger partial charge is 0.314 e. The highest BCUT2D eigenvalue weighted by molar-refractivity contribution is 4.84. The molecular formula is C10H21N. The molecule has 1 heteroatoms. The zero-order valence-electron chi connectivity index (χ0n) is 8.06. The zero-order valence-corrected chi connectivity index (χ0v) is 8.06. The van der Waals surface area contributed by atoms with E-state index in [1.165, 1.54) is 19.3 Å². The maximum atomic E-state index is 3.56. The molecule has 1 saturated carbocycles. The molecule has 1 fully saturated rings. The van der Waals surface area contributed by atoms with Gasteiger partial charge < -0.3 is 5.32 Å². The molecule has 0 spiro atoms. The molecule has 1 nitrogen and oxygen atoms in total. The monoisotopic (exact) mass is 155 g/mol. The van der Waals surface area contributed by atoms with Crippen molar-refractivity contribution in [2.45, 2.75) is 46.1 Å². The Bertz CT molecular complexity index is 111. The second kappa shape index (κ2) is 4.10. The summed E-state index contributed by atoms with van der Waals surface area (Å²) >= 11 is 0. The number of hydrogen-bond donors (Lipinski definition) is 1. The summed E-state index contributed by atoms with van der Waals surface area (Å²) in [6.07, 6.45) is 4.21. The van der Waals surface area contributed by atoms with E-state index in [-0.39, 0.29) is 0 Å². The summed E-state index contributed by atoms with van der Waals surface area (Å²) in [5, 5.41) is 3.56. The van der Waals surface area contributed by atoms with Crippen LogP contribution < -0.4 is 5.32 Å². The molecule has 0 aromatic rings. The summed E-state index contributed by atoms with van der Waals surface area (Å²) in [5.74, 6) is 1.90. The zero-order chi connectivity index (χ0) is 8.27. The molecule has 0 heterocycles. The van der Waals surface area contributed by atoms with E-state index in [0.29, 0.717) is 0 Å². The van der Waals surface area contributed by atoms with Crippen LogP contribution in [0.15, 0.2) is 0 Å². The lowest BCUT2D eigenvalue weighted by atomic mass is 10.0. The number of rotatable bonds is 3. The standard InChI is InChI=1S/C10H21N/c1-4-9-6-8(3)10(7-9)11-5-2/h8-11H,4-7H2,1-3H3. The van der Waals surface area contributed by atoms with E-state index >= 15 is 0 Å². The van der Waals surface area contributed by atoms with Crippen LogP contribution in [-0.4, -0.2) is 12.6 Å². The molecule has 0 saturated heterocycles. The van der Waals surface area contributed by atoms with Gasteiger partial charge in [0.1, 0.15) is 0 Å². The van der Waals surface area contributed by atoms with E-state index in [2.05, 4.69) is 26.1 Å². The summed E-state index contributed by atoms with van der Waals surface area (Å²) < 4.78 is 0. The predicted octanol–water partition coefficient (Wildman–Crippen LogP) is 2.42. The second-order valence-corrected chi connectivity index (χ2v) is 3.89. The molecular weight excluding hydrogens is 134 g/mol. The average Bonchev–Trinajstić information content (AvgIpc) is 2.33. The average molecular weight is 155 g/mol. The molecule has 0 bridgehead atoms. The van der Waals surface area contributed by atoms with Crippen molar-refractivity contribution in [1.82, 2.24) is 5.32 Å². The molecule has 1 N–H and O–H groups in total. The quantitative estimate of drug-likeness (QED) is 0.660. The van der Waals surface area contributed by atoms with E-state index in [0.717, 1.165) is 24.4 Å². The Morgan fingerprint density at radius 2 is 2.00 bits per heavy atom. The van der Waals surface area contributed by atoms with Crippen LogP contribution in [0, 0.1) is 11.8 Å². The molecule has 0 aliphatic heterocycles. The van der Waals surface area contributed by atoms with E-state index in [9.17, 15) is 0 Å². The number of nitrogens with one attached hydrogen (secondary N) is 1. The Kier molecular flexibility index (Phi) is 3.38. The van der Waals surface area contributed by atoms with Crippen molar-refractivity contribution in [1.29, 1.82) is 0 Å². The van der Waals surface area contributed by atoms with Crippen LogP contribution in [0.5, 0.6) is 0 Å². The number of hydrogen-bond acceptors (Lipinski definition) is 1. The van der Waals surface area contributed by atoms with Crippen LogP contribution in [0.4, 0.5) is 0 Å². The van der Waals surface area contributed by atoms with Crippen molar-refractivity contribution in [2.75, 3.05) is 6.54 Å². The van der Waals surface area contributed by atoms with Gasteiger partial charge in [-0.3, -0.25) is 0 Å². The molecule has 66 valence electrons. The highest BCUT2D eigenvalue weighted by Gasteiger charge is 2.28. The van der Waals surface area contributed by atoms with E-state index in [4.69, 9.17) is 0 Å². The van der Waals surface area contributed by atoms with Gasteiger partial charge in [-0.15, -0.1) is 0 Å². The van der Waals surface area contributed by atoms with Crippen LogP contribution >= 0.6 is 0 Å². The van der Waals surface area contributed by atoms with Crippen LogP contribution in [0.1, 0.15) is 40.0 Å². The predicted molar refractivity (Wildman–Crippen MR) is 49.6 cm³/mol. The van der Waals surface area contributed by atoms with E-state index in [1.807, 2.05) is 0 Å². The first kappa shape index (κ1) is 9.05. The van der Waals surface area contributed by atoms with Gasteiger partial charge in [0.05, 0.1) is 0 Å². The first-order valence-electron chi connectivity index (χ1n) is 5.01. The smallest absolute Gasteiger partial charge is 0.00953 e. The molecule has 3 unspecified atom stereocenters. The molecule has 11 heavy (non-hydrogen) atoms. The maximum Gasteiger partial charge on any atom is 0.00953 e. The fourth-order valence-electron chi connectivity index (χ4n) is 2.26. The van der Waals surface area contributed by atoms with Crippen molar-refractivity contribution in [3.8, 4) is 0 Å². The Labute approximate surface area is 70.6 Å². The van der Waals surface area contributed by atoms with Gasteiger partial charge >= 0.3 is 0 Å². The highest BCUT2D eigenvalue weighted by atomic mass is 14.9. The Morgan fingerprint density at radius 1 is 1.27 bits per heavy atom. The summed E-state index contributed by atoms with van der Waals surface area (Å²) in [4.78, 5) is 0. The van der Waals surface area contributed by atoms with Crippen LogP contribution in [0.2, 0.25) is 0 Å². The third kappa shape index (κ3) is 2.19. The van der Waals surface area contributed by atoms with Crippen molar-refractivity contribution in [2.24, 2.45) is 11.8 Å².